The van der Waals surface area contributed by atoms with Gasteiger partial charge >= 0.3 is 0 Å². The van der Waals surface area contributed by atoms with Gasteiger partial charge in [0.05, 0.1) is 22.4 Å². The van der Waals surface area contributed by atoms with E-state index in [9.17, 15) is 0 Å². The van der Waals surface area contributed by atoms with Crippen LogP contribution < -0.4 is 0 Å². The Hall–Kier alpha value is -6.91. The van der Waals surface area contributed by atoms with Gasteiger partial charge in [0.1, 0.15) is 5.82 Å². The molecule has 0 radical (unpaired) electrons. The van der Waals surface area contributed by atoms with Gasteiger partial charge in [-0.2, -0.15) is 0 Å². The highest BCUT2D eigenvalue weighted by atomic mass is 15.1. The molecule has 0 saturated heterocycles. The fraction of sp³-hybridized carbons (Fsp3) is 0. The first kappa shape index (κ1) is 29.0. The monoisotopic (exact) mass is 650 g/mol. The Bertz CT molecular complexity index is 2900. The second kappa shape index (κ2) is 11.9. The van der Waals surface area contributed by atoms with Crippen molar-refractivity contribution in [1.29, 1.82) is 0 Å². The van der Waals surface area contributed by atoms with Crippen LogP contribution in [0.25, 0.3) is 94.3 Å². The van der Waals surface area contributed by atoms with Crippen molar-refractivity contribution in [3.05, 3.63) is 182 Å². The molecule has 4 heteroatoms. The minimum atomic E-state index is 0.686. The van der Waals surface area contributed by atoms with Gasteiger partial charge in [-0.3, -0.25) is 4.57 Å². The molecule has 2 aromatic heterocycles. The molecule has 4 nitrogen and oxygen atoms in total. The molecule has 0 spiro atoms. The summed E-state index contributed by atoms with van der Waals surface area (Å²) in [6.45, 7) is 0. The van der Waals surface area contributed by atoms with Crippen molar-refractivity contribution in [1.82, 2.24) is 19.5 Å². The molecule has 238 valence electrons. The highest BCUT2D eigenvalue weighted by Crippen LogP contribution is 2.38. The molecule has 0 fully saturated rings. The summed E-state index contributed by atoms with van der Waals surface area (Å²) in [4.78, 5) is 15.8. The molecule has 8 aromatic carbocycles. The summed E-state index contributed by atoms with van der Waals surface area (Å²) in [7, 11) is 0. The van der Waals surface area contributed by atoms with Crippen LogP contribution in [0.1, 0.15) is 0 Å². The third-order valence-electron chi connectivity index (χ3n) is 9.77. The lowest BCUT2D eigenvalue weighted by Crippen LogP contribution is -1.97. The molecule has 0 atom stereocenters. The van der Waals surface area contributed by atoms with Crippen LogP contribution in [0, 0.1) is 0 Å². The van der Waals surface area contributed by atoms with Gasteiger partial charge in [-0.15, -0.1) is 0 Å². The number of rotatable bonds is 5. The normalized spacial score (nSPS) is 11.5. The number of hydrogen-bond donors (Lipinski definition) is 0. The van der Waals surface area contributed by atoms with Crippen molar-refractivity contribution in [2.75, 3.05) is 0 Å². The SMILES string of the molecule is c1ccc(-c2cc(-c3ccc4ccccc4c3)nc(-c3ccc4ccc5ccc6c(nc(-c7ccccc7)n6-c6ccccc6)c5c4c3)n2)cc1. The van der Waals surface area contributed by atoms with E-state index in [0.29, 0.717) is 5.82 Å². The molecule has 0 saturated carbocycles. The van der Waals surface area contributed by atoms with Crippen LogP contribution in [0.2, 0.25) is 0 Å². The van der Waals surface area contributed by atoms with Gasteiger partial charge in [-0.1, -0.05) is 146 Å². The first-order chi connectivity index (χ1) is 25.3. The molecule has 10 aromatic rings. The Kier molecular flexibility index (Phi) is 6.78. The maximum Gasteiger partial charge on any atom is 0.160 e. The fourth-order valence-corrected chi connectivity index (χ4v) is 7.27. The van der Waals surface area contributed by atoms with E-state index < -0.39 is 0 Å². The fourth-order valence-electron chi connectivity index (χ4n) is 7.27. The number of imidazole rings is 1. The molecular weight excluding hydrogens is 621 g/mol. The van der Waals surface area contributed by atoms with Gasteiger partial charge in [0, 0.05) is 33.3 Å². The van der Waals surface area contributed by atoms with E-state index in [-0.39, 0.29) is 0 Å². The topological polar surface area (TPSA) is 43.6 Å². The zero-order valence-corrected chi connectivity index (χ0v) is 27.6. The predicted molar refractivity (Wildman–Crippen MR) is 211 cm³/mol. The van der Waals surface area contributed by atoms with Crippen LogP contribution in [0.4, 0.5) is 0 Å². The molecule has 0 N–H and O–H groups in total. The Morgan fingerprint density at radius 1 is 0.373 bits per heavy atom. The lowest BCUT2D eigenvalue weighted by Gasteiger charge is -2.12. The van der Waals surface area contributed by atoms with Crippen LogP contribution >= 0.6 is 0 Å². The number of nitrogens with zero attached hydrogens (tertiary/aromatic N) is 4. The quantitative estimate of drug-likeness (QED) is 0.174. The first-order valence-electron chi connectivity index (χ1n) is 17.2. The predicted octanol–water partition coefficient (Wildman–Crippen LogP) is 11.9. The van der Waals surface area contributed by atoms with Crippen LogP contribution in [-0.2, 0) is 0 Å². The first-order valence-corrected chi connectivity index (χ1v) is 17.2. The minimum Gasteiger partial charge on any atom is -0.292 e. The molecule has 2 heterocycles. The molecule has 0 bridgehead atoms. The highest BCUT2D eigenvalue weighted by molar-refractivity contribution is 6.19. The lowest BCUT2D eigenvalue weighted by atomic mass is 9.98. The summed E-state index contributed by atoms with van der Waals surface area (Å²) < 4.78 is 2.27. The van der Waals surface area contributed by atoms with E-state index in [2.05, 4.69) is 174 Å². The lowest BCUT2D eigenvalue weighted by molar-refractivity contribution is 1.10. The summed E-state index contributed by atoms with van der Waals surface area (Å²) >= 11 is 0. The van der Waals surface area contributed by atoms with Gasteiger partial charge in [-0.25, -0.2) is 15.0 Å². The summed E-state index contributed by atoms with van der Waals surface area (Å²) in [6.07, 6.45) is 0. The number of aromatic nitrogens is 4. The van der Waals surface area contributed by atoms with E-state index in [1.165, 1.54) is 10.8 Å². The third-order valence-corrected chi connectivity index (χ3v) is 9.77. The van der Waals surface area contributed by atoms with Crippen molar-refractivity contribution in [3.8, 4) is 51.0 Å². The smallest absolute Gasteiger partial charge is 0.160 e. The number of para-hydroxylation sites is 1. The highest BCUT2D eigenvalue weighted by Gasteiger charge is 2.19. The second-order valence-electron chi connectivity index (χ2n) is 12.9. The largest absolute Gasteiger partial charge is 0.292 e. The van der Waals surface area contributed by atoms with E-state index in [0.717, 1.165) is 77.7 Å². The Balaban J connectivity index is 1.22. The van der Waals surface area contributed by atoms with Crippen molar-refractivity contribution >= 4 is 43.4 Å². The zero-order valence-electron chi connectivity index (χ0n) is 27.6. The standard InChI is InChI=1S/C47H30N4/c1-4-13-33(14-5-1)41-30-42(37-24-20-31-12-10-11-17-36(31)28-37)49-46(48-41)38-25-22-32-21-23-34-26-27-43-45(44(34)40(32)29-38)50-47(35-15-6-2-7-16-35)51(43)39-18-8-3-9-19-39/h1-30H. The van der Waals surface area contributed by atoms with Crippen LogP contribution in [0.3, 0.4) is 0 Å². The Morgan fingerprint density at radius 3 is 1.75 bits per heavy atom. The number of hydrogen-bond acceptors (Lipinski definition) is 3. The molecule has 10 rings (SSSR count). The van der Waals surface area contributed by atoms with E-state index in [1.807, 2.05) is 12.1 Å². The van der Waals surface area contributed by atoms with Crippen molar-refractivity contribution in [2.45, 2.75) is 0 Å². The average Bonchev–Trinajstić information content (AvgIpc) is 3.61. The van der Waals surface area contributed by atoms with E-state index in [1.54, 1.807) is 0 Å². The zero-order chi connectivity index (χ0) is 33.7. The van der Waals surface area contributed by atoms with Gasteiger partial charge in [0.25, 0.3) is 0 Å². The van der Waals surface area contributed by atoms with Crippen LogP contribution in [0.15, 0.2) is 182 Å². The van der Waals surface area contributed by atoms with Crippen LogP contribution in [0.5, 0.6) is 0 Å². The number of fused-ring (bicyclic) bond motifs is 6. The molecule has 51 heavy (non-hydrogen) atoms. The molecule has 0 amide bonds. The molecule has 0 aliphatic carbocycles. The van der Waals surface area contributed by atoms with Crippen molar-refractivity contribution < 1.29 is 0 Å². The molecule has 0 aliphatic heterocycles. The van der Waals surface area contributed by atoms with Gasteiger partial charge in [0.15, 0.2) is 5.82 Å². The molecular formula is C47H30N4. The van der Waals surface area contributed by atoms with E-state index in [4.69, 9.17) is 15.0 Å². The van der Waals surface area contributed by atoms with E-state index >= 15 is 0 Å². The third kappa shape index (κ3) is 5.04. The maximum absolute atomic E-state index is 5.40. The van der Waals surface area contributed by atoms with Crippen LogP contribution in [-0.4, -0.2) is 19.5 Å². The average molecular weight is 651 g/mol. The number of benzene rings is 8. The Morgan fingerprint density at radius 2 is 0.961 bits per heavy atom. The van der Waals surface area contributed by atoms with Gasteiger partial charge in [0.2, 0.25) is 0 Å². The summed E-state index contributed by atoms with van der Waals surface area (Å²) in [5.74, 6) is 1.60. The summed E-state index contributed by atoms with van der Waals surface area (Å²) in [5.41, 5.74) is 9.01. The minimum absolute atomic E-state index is 0.686. The van der Waals surface area contributed by atoms with Crippen molar-refractivity contribution in [3.63, 3.8) is 0 Å². The summed E-state index contributed by atoms with van der Waals surface area (Å²) in [5, 5.41) is 6.91. The maximum atomic E-state index is 5.40. The Labute approximate surface area is 295 Å². The second-order valence-corrected chi connectivity index (χ2v) is 12.9. The summed E-state index contributed by atoms with van der Waals surface area (Å²) in [6, 6.07) is 63.7. The van der Waals surface area contributed by atoms with Crippen molar-refractivity contribution in [2.24, 2.45) is 0 Å². The van der Waals surface area contributed by atoms with Gasteiger partial charge in [-0.05, 0) is 63.3 Å². The van der Waals surface area contributed by atoms with Gasteiger partial charge < -0.3 is 0 Å². The molecule has 0 aliphatic rings. The molecule has 0 unspecified atom stereocenters.